The molecule has 0 bridgehead atoms. The molecule has 0 saturated heterocycles. The highest BCUT2D eigenvalue weighted by atomic mass is 79.9. The summed E-state index contributed by atoms with van der Waals surface area (Å²) in [5.74, 6) is 0.671. The Morgan fingerprint density at radius 1 is 1.41 bits per heavy atom. The summed E-state index contributed by atoms with van der Waals surface area (Å²) in [5.41, 5.74) is 3.83. The first-order valence-corrected chi connectivity index (χ1v) is 9.41. The van der Waals surface area contributed by atoms with E-state index in [9.17, 15) is 4.79 Å². The maximum atomic E-state index is 12.5. The summed E-state index contributed by atoms with van der Waals surface area (Å²) in [5, 5.41) is 0. The summed E-state index contributed by atoms with van der Waals surface area (Å²) < 4.78 is 0. The standard InChI is InChI=1S/C19H28BrNO/c1-5-6-17(20)12-15-7-8-18-16(11-15)10-14(4)21(18)19(22)9-13(2)3/h7-8,11,13-14,17H,5-6,9-10,12H2,1-4H3. The molecule has 1 amide bonds. The van der Waals surface area contributed by atoms with Gasteiger partial charge in [0.2, 0.25) is 5.91 Å². The molecule has 0 fully saturated rings. The zero-order valence-electron chi connectivity index (χ0n) is 14.2. The first kappa shape index (κ1) is 17.5. The molecule has 0 aliphatic carbocycles. The highest BCUT2D eigenvalue weighted by Crippen LogP contribution is 2.34. The van der Waals surface area contributed by atoms with Crippen molar-refractivity contribution in [3.8, 4) is 0 Å². The van der Waals surface area contributed by atoms with Crippen LogP contribution in [0.5, 0.6) is 0 Å². The van der Waals surface area contributed by atoms with Crippen LogP contribution < -0.4 is 4.90 Å². The van der Waals surface area contributed by atoms with Gasteiger partial charge in [0.05, 0.1) is 0 Å². The van der Waals surface area contributed by atoms with E-state index >= 15 is 0 Å². The summed E-state index contributed by atoms with van der Waals surface area (Å²) in [6.45, 7) is 8.58. The molecule has 1 aliphatic rings. The second-order valence-electron chi connectivity index (χ2n) is 6.97. The number of anilines is 1. The Kier molecular flexibility index (Phi) is 6.08. The Hall–Kier alpha value is -0.830. The van der Waals surface area contributed by atoms with E-state index in [-0.39, 0.29) is 11.9 Å². The van der Waals surface area contributed by atoms with Gasteiger partial charge in [0.15, 0.2) is 0 Å². The van der Waals surface area contributed by atoms with Crippen LogP contribution in [-0.4, -0.2) is 16.8 Å². The van der Waals surface area contributed by atoms with Crippen LogP contribution in [0.15, 0.2) is 18.2 Å². The van der Waals surface area contributed by atoms with Gasteiger partial charge in [-0.3, -0.25) is 4.79 Å². The Labute approximate surface area is 143 Å². The van der Waals surface area contributed by atoms with E-state index in [0.29, 0.717) is 17.2 Å². The SMILES string of the molecule is CCCC(Br)Cc1ccc2c(c1)CC(C)N2C(=O)CC(C)C. The summed E-state index contributed by atoms with van der Waals surface area (Å²) >= 11 is 3.76. The Morgan fingerprint density at radius 2 is 2.14 bits per heavy atom. The lowest BCUT2D eigenvalue weighted by Gasteiger charge is -2.23. The molecule has 22 heavy (non-hydrogen) atoms. The molecule has 3 heteroatoms. The molecule has 2 atom stereocenters. The molecule has 0 radical (unpaired) electrons. The third kappa shape index (κ3) is 4.13. The number of hydrogen-bond donors (Lipinski definition) is 0. The van der Waals surface area contributed by atoms with Gasteiger partial charge in [-0.2, -0.15) is 0 Å². The van der Waals surface area contributed by atoms with E-state index < -0.39 is 0 Å². The molecule has 1 aromatic carbocycles. The lowest BCUT2D eigenvalue weighted by atomic mass is 10.0. The van der Waals surface area contributed by atoms with Gasteiger partial charge in [-0.05, 0) is 49.3 Å². The van der Waals surface area contributed by atoms with Crippen LogP contribution in [0.3, 0.4) is 0 Å². The number of rotatable bonds is 6. The lowest BCUT2D eigenvalue weighted by molar-refractivity contribution is -0.119. The van der Waals surface area contributed by atoms with E-state index in [4.69, 9.17) is 0 Å². The van der Waals surface area contributed by atoms with Crippen molar-refractivity contribution in [3.05, 3.63) is 29.3 Å². The van der Waals surface area contributed by atoms with Gasteiger partial charge in [-0.1, -0.05) is 55.3 Å². The second kappa shape index (κ2) is 7.63. The van der Waals surface area contributed by atoms with Gasteiger partial charge >= 0.3 is 0 Å². The van der Waals surface area contributed by atoms with Crippen molar-refractivity contribution < 1.29 is 4.79 Å². The molecule has 122 valence electrons. The fourth-order valence-electron chi connectivity index (χ4n) is 3.31. The molecular formula is C19H28BrNO. The van der Waals surface area contributed by atoms with Gasteiger partial charge in [-0.25, -0.2) is 0 Å². The summed E-state index contributed by atoms with van der Waals surface area (Å²) in [7, 11) is 0. The van der Waals surface area contributed by atoms with Crippen LogP contribution in [0.25, 0.3) is 0 Å². The Morgan fingerprint density at radius 3 is 2.77 bits per heavy atom. The van der Waals surface area contributed by atoms with Crippen molar-refractivity contribution in [2.75, 3.05) is 4.90 Å². The van der Waals surface area contributed by atoms with Gasteiger partial charge in [0.25, 0.3) is 0 Å². The number of benzene rings is 1. The highest BCUT2D eigenvalue weighted by Gasteiger charge is 2.31. The highest BCUT2D eigenvalue weighted by molar-refractivity contribution is 9.09. The molecule has 1 aromatic rings. The first-order valence-electron chi connectivity index (χ1n) is 8.50. The van der Waals surface area contributed by atoms with Crippen LogP contribution >= 0.6 is 15.9 Å². The normalized spacial score (nSPS) is 18.6. The predicted octanol–water partition coefficient (Wildman–Crippen LogP) is 5.12. The van der Waals surface area contributed by atoms with Crippen LogP contribution in [0.1, 0.15) is 58.1 Å². The average molecular weight is 366 g/mol. The van der Waals surface area contributed by atoms with Crippen LogP contribution in [0, 0.1) is 5.92 Å². The van der Waals surface area contributed by atoms with Crippen LogP contribution in [0.2, 0.25) is 0 Å². The van der Waals surface area contributed by atoms with Gasteiger partial charge < -0.3 is 4.90 Å². The monoisotopic (exact) mass is 365 g/mol. The molecule has 0 spiro atoms. The molecule has 0 aromatic heterocycles. The second-order valence-corrected chi connectivity index (χ2v) is 8.26. The zero-order valence-corrected chi connectivity index (χ0v) is 15.8. The minimum absolute atomic E-state index is 0.262. The smallest absolute Gasteiger partial charge is 0.227 e. The molecule has 2 rings (SSSR count). The largest absolute Gasteiger partial charge is 0.309 e. The first-order chi connectivity index (χ1) is 10.4. The average Bonchev–Trinajstić information content (AvgIpc) is 2.73. The lowest BCUT2D eigenvalue weighted by Crippen LogP contribution is -2.36. The van der Waals surface area contributed by atoms with Crippen molar-refractivity contribution in [3.63, 3.8) is 0 Å². The number of amides is 1. The Bertz CT molecular complexity index is 526. The number of carbonyl (C=O) groups excluding carboxylic acids is 1. The van der Waals surface area contributed by atoms with Crippen molar-refractivity contribution in [2.45, 2.75) is 70.7 Å². The van der Waals surface area contributed by atoms with E-state index in [1.54, 1.807) is 0 Å². The van der Waals surface area contributed by atoms with Crippen LogP contribution in [0.4, 0.5) is 5.69 Å². The number of halogens is 1. The van der Waals surface area contributed by atoms with E-state index in [1.165, 1.54) is 24.0 Å². The van der Waals surface area contributed by atoms with Crippen molar-refractivity contribution in [1.29, 1.82) is 0 Å². The minimum Gasteiger partial charge on any atom is -0.309 e. The third-order valence-electron chi connectivity index (χ3n) is 4.27. The fraction of sp³-hybridized carbons (Fsp3) is 0.632. The topological polar surface area (TPSA) is 20.3 Å². The van der Waals surface area contributed by atoms with Crippen molar-refractivity contribution in [2.24, 2.45) is 5.92 Å². The molecule has 1 aliphatic heterocycles. The molecule has 0 N–H and O–H groups in total. The van der Waals surface area contributed by atoms with Gasteiger partial charge in [0.1, 0.15) is 0 Å². The molecular weight excluding hydrogens is 338 g/mol. The fourth-order valence-corrected chi connectivity index (χ4v) is 4.14. The summed E-state index contributed by atoms with van der Waals surface area (Å²) in [6.07, 6.45) is 5.08. The number of hydrogen-bond acceptors (Lipinski definition) is 1. The summed E-state index contributed by atoms with van der Waals surface area (Å²) in [4.78, 5) is 15.1. The van der Waals surface area contributed by atoms with E-state index in [2.05, 4.69) is 61.8 Å². The quantitative estimate of drug-likeness (QED) is 0.640. The zero-order chi connectivity index (χ0) is 16.3. The molecule has 1 heterocycles. The van der Waals surface area contributed by atoms with E-state index in [1.807, 2.05) is 4.90 Å². The van der Waals surface area contributed by atoms with Gasteiger partial charge in [-0.15, -0.1) is 0 Å². The Balaban J connectivity index is 2.15. The minimum atomic E-state index is 0.262. The predicted molar refractivity (Wildman–Crippen MR) is 97.9 cm³/mol. The molecule has 2 nitrogen and oxygen atoms in total. The van der Waals surface area contributed by atoms with Crippen LogP contribution in [-0.2, 0) is 17.6 Å². The maximum absolute atomic E-state index is 12.5. The van der Waals surface area contributed by atoms with E-state index in [0.717, 1.165) is 18.5 Å². The van der Waals surface area contributed by atoms with Crippen molar-refractivity contribution in [1.82, 2.24) is 0 Å². The molecule has 2 unspecified atom stereocenters. The maximum Gasteiger partial charge on any atom is 0.227 e. The van der Waals surface area contributed by atoms with Crippen molar-refractivity contribution >= 4 is 27.5 Å². The number of nitrogens with zero attached hydrogens (tertiary/aromatic N) is 1. The molecule has 0 saturated carbocycles. The third-order valence-corrected chi connectivity index (χ3v) is 5.05. The number of carbonyl (C=O) groups is 1. The van der Waals surface area contributed by atoms with Gasteiger partial charge in [0, 0.05) is 23.0 Å². The summed E-state index contributed by atoms with van der Waals surface area (Å²) in [6, 6.07) is 6.93. The number of fused-ring (bicyclic) bond motifs is 1. The number of alkyl halides is 1.